The van der Waals surface area contributed by atoms with Crippen molar-refractivity contribution in [1.82, 2.24) is 0 Å². The van der Waals surface area contributed by atoms with Gasteiger partial charge < -0.3 is 10.0 Å². The first-order chi connectivity index (χ1) is 29.4. The molecule has 12 rings (SSSR count). The highest BCUT2D eigenvalue weighted by Gasteiger charge is 2.51. The molecule has 0 unspecified atom stereocenters. The molecule has 4 aliphatic rings. The van der Waals surface area contributed by atoms with Crippen molar-refractivity contribution in [1.29, 1.82) is 0 Å². The van der Waals surface area contributed by atoms with Gasteiger partial charge in [0.1, 0.15) is 0 Å². The van der Waals surface area contributed by atoms with E-state index in [0.717, 1.165) is 59.4 Å². The number of rotatable bonds is 5. The lowest BCUT2D eigenvalue weighted by molar-refractivity contribution is -0.000615. The van der Waals surface area contributed by atoms with Gasteiger partial charge in [-0.1, -0.05) is 179 Å². The molecule has 2 heteroatoms. The van der Waals surface area contributed by atoms with E-state index in [0.29, 0.717) is 0 Å². The monoisotopic (exact) mass is 773 g/mol. The van der Waals surface area contributed by atoms with Crippen molar-refractivity contribution in [3.05, 3.63) is 221 Å². The van der Waals surface area contributed by atoms with Crippen LogP contribution in [0.1, 0.15) is 84.9 Å². The highest BCUT2D eigenvalue weighted by Crippen LogP contribution is 2.63. The minimum Gasteiger partial charge on any atom is -0.385 e. The van der Waals surface area contributed by atoms with Crippen LogP contribution in [-0.4, -0.2) is 5.11 Å². The average molecular weight is 774 g/mol. The van der Waals surface area contributed by atoms with Gasteiger partial charge in [-0.2, -0.15) is 0 Å². The number of benzene rings is 8. The van der Waals surface area contributed by atoms with Crippen LogP contribution in [0.15, 0.2) is 182 Å². The number of nitrogens with zero attached hydrogens (tertiary/aromatic N) is 1. The maximum Gasteiger partial charge on any atom is 0.0896 e. The molecule has 0 aliphatic heterocycles. The predicted molar refractivity (Wildman–Crippen MR) is 247 cm³/mol. The molecule has 1 N–H and O–H groups in total. The van der Waals surface area contributed by atoms with Crippen LogP contribution in [0.4, 0.5) is 17.1 Å². The first-order valence-corrected chi connectivity index (χ1v) is 21.8. The van der Waals surface area contributed by atoms with Crippen LogP contribution in [0.2, 0.25) is 0 Å². The molecule has 1 fully saturated rings. The molecule has 0 aromatic heterocycles. The highest BCUT2D eigenvalue weighted by molar-refractivity contribution is 5.96. The van der Waals surface area contributed by atoms with Crippen molar-refractivity contribution < 1.29 is 5.11 Å². The third-order valence-corrected chi connectivity index (χ3v) is 14.6. The molecule has 0 amide bonds. The molecule has 0 radical (unpaired) electrons. The van der Waals surface area contributed by atoms with Gasteiger partial charge in [0.25, 0.3) is 0 Å². The van der Waals surface area contributed by atoms with E-state index in [1.165, 1.54) is 73.2 Å². The predicted octanol–water partition coefficient (Wildman–Crippen LogP) is 14.6. The summed E-state index contributed by atoms with van der Waals surface area (Å²) in [6.07, 6.45) is 5.07. The van der Waals surface area contributed by atoms with Crippen LogP contribution < -0.4 is 4.90 Å². The molecular weight excluding hydrogens is 727 g/mol. The topological polar surface area (TPSA) is 23.5 Å². The Hall–Kier alpha value is -6.48. The zero-order valence-corrected chi connectivity index (χ0v) is 34.3. The standard InChI is InChI=1S/C58H47NO/c1-56(2)50-18-8-4-14-44(50)48-32-30-42(36-54(48)56)59(41-28-24-39(25-29-41)38-22-26-40(27-23-38)57(60)34-12-3-13-35-57)43-31-33-49-47-17-7-11-21-53(47)58(55(49)37-43)51-19-9-5-15-45(51)46-16-6-10-20-52(46)58/h4-11,14-33,36-37,60H,3,12-13,34-35H2,1-2H3. The van der Waals surface area contributed by atoms with Gasteiger partial charge in [0.15, 0.2) is 0 Å². The number of hydrogen-bond donors (Lipinski definition) is 1. The summed E-state index contributed by atoms with van der Waals surface area (Å²) in [6, 6.07) is 68.1. The summed E-state index contributed by atoms with van der Waals surface area (Å²) in [5.41, 5.74) is 21.5. The maximum absolute atomic E-state index is 11.4. The fourth-order valence-corrected chi connectivity index (χ4v) is 11.7. The molecular formula is C58H47NO. The number of fused-ring (bicyclic) bond motifs is 13. The zero-order chi connectivity index (χ0) is 40.2. The van der Waals surface area contributed by atoms with Crippen LogP contribution in [-0.2, 0) is 16.4 Å². The van der Waals surface area contributed by atoms with E-state index >= 15 is 0 Å². The third kappa shape index (κ3) is 4.92. The highest BCUT2D eigenvalue weighted by atomic mass is 16.3. The Kier molecular flexibility index (Phi) is 7.69. The number of aliphatic hydroxyl groups is 1. The van der Waals surface area contributed by atoms with E-state index in [9.17, 15) is 5.11 Å². The van der Waals surface area contributed by atoms with Gasteiger partial charge in [-0.25, -0.2) is 0 Å². The zero-order valence-electron chi connectivity index (χ0n) is 34.3. The molecule has 0 bridgehead atoms. The summed E-state index contributed by atoms with van der Waals surface area (Å²) in [5, 5.41) is 11.4. The van der Waals surface area contributed by atoms with E-state index < -0.39 is 11.0 Å². The largest absolute Gasteiger partial charge is 0.385 e. The fraction of sp³-hybridized carbons (Fsp3) is 0.172. The molecule has 4 aliphatic carbocycles. The summed E-state index contributed by atoms with van der Waals surface area (Å²) < 4.78 is 0. The van der Waals surface area contributed by atoms with Gasteiger partial charge in [-0.3, -0.25) is 0 Å². The van der Waals surface area contributed by atoms with Crippen LogP contribution in [0.3, 0.4) is 0 Å². The molecule has 1 spiro atoms. The second-order valence-electron chi connectivity index (χ2n) is 18.1. The Bertz CT molecular complexity index is 2940. The quantitative estimate of drug-likeness (QED) is 0.188. The Labute approximate surface area is 353 Å². The van der Waals surface area contributed by atoms with Crippen LogP contribution in [0, 0.1) is 0 Å². The van der Waals surface area contributed by atoms with Gasteiger partial charge in [0.05, 0.1) is 11.0 Å². The Balaban J connectivity index is 1.03. The molecule has 60 heavy (non-hydrogen) atoms. The van der Waals surface area contributed by atoms with Crippen molar-refractivity contribution in [3.63, 3.8) is 0 Å². The van der Waals surface area contributed by atoms with Crippen molar-refractivity contribution in [2.24, 2.45) is 0 Å². The first-order valence-electron chi connectivity index (χ1n) is 21.8. The van der Waals surface area contributed by atoms with Crippen LogP contribution >= 0.6 is 0 Å². The van der Waals surface area contributed by atoms with E-state index in [4.69, 9.17) is 0 Å². The Morgan fingerprint density at radius 1 is 0.383 bits per heavy atom. The normalized spacial score (nSPS) is 16.6. The molecule has 0 atom stereocenters. The van der Waals surface area contributed by atoms with Gasteiger partial charge in [0, 0.05) is 22.5 Å². The lowest BCUT2D eigenvalue weighted by atomic mass is 9.70. The molecule has 0 heterocycles. The number of hydrogen-bond acceptors (Lipinski definition) is 2. The molecule has 2 nitrogen and oxygen atoms in total. The smallest absolute Gasteiger partial charge is 0.0896 e. The lowest BCUT2D eigenvalue weighted by Crippen LogP contribution is -2.28. The van der Waals surface area contributed by atoms with Crippen LogP contribution in [0.5, 0.6) is 0 Å². The molecule has 8 aromatic carbocycles. The second kappa shape index (κ2) is 13.0. The number of anilines is 3. The summed E-state index contributed by atoms with van der Waals surface area (Å²) in [4.78, 5) is 2.47. The van der Waals surface area contributed by atoms with E-state index in [1.807, 2.05) is 0 Å². The van der Waals surface area contributed by atoms with Crippen LogP contribution in [0.25, 0.3) is 44.5 Å². The van der Waals surface area contributed by atoms with Gasteiger partial charge in [-0.15, -0.1) is 0 Å². The fourth-order valence-electron chi connectivity index (χ4n) is 11.7. The average Bonchev–Trinajstić information content (AvgIpc) is 3.85. The summed E-state index contributed by atoms with van der Waals surface area (Å²) in [7, 11) is 0. The van der Waals surface area contributed by atoms with E-state index in [1.54, 1.807) is 0 Å². The Morgan fingerprint density at radius 3 is 1.32 bits per heavy atom. The van der Waals surface area contributed by atoms with Gasteiger partial charge >= 0.3 is 0 Å². The van der Waals surface area contributed by atoms with Crippen molar-refractivity contribution in [2.45, 2.75) is 62.4 Å². The van der Waals surface area contributed by atoms with E-state index in [2.05, 4.69) is 201 Å². The summed E-state index contributed by atoms with van der Waals surface area (Å²) >= 11 is 0. The second-order valence-corrected chi connectivity index (χ2v) is 18.1. The SMILES string of the molecule is CC1(C)c2ccccc2-c2ccc(N(c3ccc(-c4ccc(C5(O)CCCCC5)cc4)cc3)c3ccc4c(c3)C3(c5ccccc5-c5ccccc53)c3ccccc3-4)cc21. The molecule has 1 saturated carbocycles. The van der Waals surface area contributed by atoms with Crippen molar-refractivity contribution in [3.8, 4) is 44.5 Å². The molecule has 0 saturated heterocycles. The minimum absolute atomic E-state index is 0.130. The minimum atomic E-state index is -0.703. The summed E-state index contributed by atoms with van der Waals surface area (Å²) in [5.74, 6) is 0. The molecule has 8 aromatic rings. The first kappa shape index (κ1) is 35.5. The maximum atomic E-state index is 11.4. The van der Waals surface area contributed by atoms with Gasteiger partial charge in [-0.05, 0) is 133 Å². The van der Waals surface area contributed by atoms with Gasteiger partial charge in [0.2, 0.25) is 0 Å². The lowest BCUT2D eigenvalue weighted by Gasteiger charge is -2.33. The van der Waals surface area contributed by atoms with E-state index in [-0.39, 0.29) is 5.41 Å². The third-order valence-electron chi connectivity index (χ3n) is 14.6. The Morgan fingerprint density at radius 2 is 0.783 bits per heavy atom. The van der Waals surface area contributed by atoms with Crippen molar-refractivity contribution in [2.75, 3.05) is 4.90 Å². The summed E-state index contributed by atoms with van der Waals surface area (Å²) in [6.45, 7) is 4.73. The van der Waals surface area contributed by atoms with Crippen molar-refractivity contribution >= 4 is 17.1 Å². The molecule has 290 valence electrons.